The van der Waals surface area contributed by atoms with Crippen LogP contribution in [0.5, 0.6) is 0 Å². The van der Waals surface area contributed by atoms with Gasteiger partial charge < -0.3 is 0 Å². The molecule has 0 fully saturated rings. The second kappa shape index (κ2) is 4.00. The van der Waals surface area contributed by atoms with Crippen molar-refractivity contribution >= 4 is 17.8 Å². The predicted molar refractivity (Wildman–Crippen MR) is 53.2 cm³/mol. The molecule has 0 radical (unpaired) electrons. The van der Waals surface area contributed by atoms with E-state index < -0.39 is 4.92 Å². The molecule has 0 heterocycles. The van der Waals surface area contributed by atoms with Gasteiger partial charge in [0.1, 0.15) is 6.29 Å². The zero-order valence-electron chi connectivity index (χ0n) is 8.31. The van der Waals surface area contributed by atoms with Crippen molar-refractivity contribution in [3.63, 3.8) is 0 Å². The molecule has 0 bridgehead atoms. The van der Waals surface area contributed by atoms with E-state index in [1.165, 1.54) is 19.9 Å². The number of nitrogens with zero attached hydrogens (tertiary/aromatic N) is 1. The third-order valence-electron chi connectivity index (χ3n) is 2.11. The number of rotatable bonds is 3. The summed E-state index contributed by atoms with van der Waals surface area (Å²) in [5, 5.41) is 10.6. The predicted octanol–water partition coefficient (Wildman–Crippen LogP) is 1.92. The SMILES string of the molecule is CC(=O)c1cc(C=O)cc([N+](=O)[O-])c1C. The maximum atomic E-state index is 11.2. The summed E-state index contributed by atoms with van der Waals surface area (Å²) in [5.74, 6) is -0.292. The van der Waals surface area contributed by atoms with Crippen LogP contribution in [0.3, 0.4) is 0 Å². The van der Waals surface area contributed by atoms with Crippen molar-refractivity contribution in [1.82, 2.24) is 0 Å². The zero-order valence-corrected chi connectivity index (χ0v) is 8.31. The Morgan fingerprint density at radius 1 is 1.47 bits per heavy atom. The van der Waals surface area contributed by atoms with Gasteiger partial charge in [-0.05, 0) is 19.9 Å². The van der Waals surface area contributed by atoms with E-state index in [-0.39, 0.29) is 28.2 Å². The highest BCUT2D eigenvalue weighted by Crippen LogP contribution is 2.23. The van der Waals surface area contributed by atoms with Crippen molar-refractivity contribution in [3.05, 3.63) is 38.9 Å². The van der Waals surface area contributed by atoms with Crippen LogP contribution in [0.2, 0.25) is 0 Å². The topological polar surface area (TPSA) is 77.3 Å². The van der Waals surface area contributed by atoms with E-state index in [4.69, 9.17) is 0 Å². The average Bonchev–Trinajstić information content (AvgIpc) is 2.17. The molecule has 1 rings (SSSR count). The monoisotopic (exact) mass is 207 g/mol. The van der Waals surface area contributed by atoms with Gasteiger partial charge in [0.2, 0.25) is 0 Å². The van der Waals surface area contributed by atoms with E-state index >= 15 is 0 Å². The van der Waals surface area contributed by atoms with Crippen LogP contribution < -0.4 is 0 Å². The molecule has 1 aromatic carbocycles. The summed E-state index contributed by atoms with van der Waals surface area (Å²) in [5.41, 5.74) is 0.437. The zero-order chi connectivity index (χ0) is 11.6. The second-order valence-corrected chi connectivity index (χ2v) is 3.14. The van der Waals surface area contributed by atoms with Gasteiger partial charge in [0.15, 0.2) is 5.78 Å². The minimum atomic E-state index is -0.602. The number of Topliss-reactive ketones (excluding diaryl/α,β-unsaturated/α-hetero) is 1. The summed E-state index contributed by atoms with van der Waals surface area (Å²) in [7, 11) is 0. The summed E-state index contributed by atoms with van der Waals surface area (Å²) in [4.78, 5) is 31.7. The molecule has 5 heteroatoms. The van der Waals surface area contributed by atoms with Gasteiger partial charge in [0.05, 0.1) is 4.92 Å². The minimum Gasteiger partial charge on any atom is -0.298 e. The van der Waals surface area contributed by atoms with Crippen LogP contribution in [0.15, 0.2) is 12.1 Å². The smallest absolute Gasteiger partial charge is 0.273 e. The van der Waals surface area contributed by atoms with Gasteiger partial charge in [0, 0.05) is 22.8 Å². The Morgan fingerprint density at radius 3 is 2.47 bits per heavy atom. The standard InChI is InChI=1S/C10H9NO4/c1-6-9(7(2)13)3-8(5-12)4-10(6)11(14)15/h3-5H,1-2H3. The molecular formula is C10H9NO4. The molecule has 5 nitrogen and oxygen atoms in total. The molecule has 0 atom stereocenters. The normalized spacial score (nSPS) is 9.73. The Labute approximate surface area is 85.9 Å². The van der Waals surface area contributed by atoms with Gasteiger partial charge >= 0.3 is 0 Å². The van der Waals surface area contributed by atoms with Gasteiger partial charge in [-0.3, -0.25) is 19.7 Å². The van der Waals surface area contributed by atoms with Crippen LogP contribution in [0.1, 0.15) is 33.2 Å². The van der Waals surface area contributed by atoms with Crippen LogP contribution in [0.25, 0.3) is 0 Å². The lowest BCUT2D eigenvalue weighted by Gasteiger charge is -2.03. The number of carbonyl (C=O) groups is 2. The molecule has 0 saturated heterocycles. The van der Waals surface area contributed by atoms with Crippen molar-refractivity contribution in [2.75, 3.05) is 0 Å². The molecule has 0 unspecified atom stereocenters. The lowest BCUT2D eigenvalue weighted by Crippen LogP contribution is -2.02. The molecular weight excluding hydrogens is 198 g/mol. The first-order valence-electron chi connectivity index (χ1n) is 4.22. The van der Waals surface area contributed by atoms with Crippen LogP contribution >= 0.6 is 0 Å². The number of nitro groups is 1. The van der Waals surface area contributed by atoms with Gasteiger partial charge in [-0.2, -0.15) is 0 Å². The van der Waals surface area contributed by atoms with E-state index in [0.717, 1.165) is 6.07 Å². The van der Waals surface area contributed by atoms with Crippen LogP contribution in [0, 0.1) is 17.0 Å². The van der Waals surface area contributed by atoms with E-state index in [0.29, 0.717) is 6.29 Å². The average molecular weight is 207 g/mol. The number of aldehydes is 1. The Hall–Kier alpha value is -2.04. The number of ketones is 1. The van der Waals surface area contributed by atoms with Gasteiger partial charge in [-0.15, -0.1) is 0 Å². The fraction of sp³-hybridized carbons (Fsp3) is 0.200. The number of hydrogen-bond acceptors (Lipinski definition) is 4. The number of benzene rings is 1. The molecule has 0 spiro atoms. The Bertz CT molecular complexity index is 416. The summed E-state index contributed by atoms with van der Waals surface area (Å²) in [6.45, 7) is 2.80. The summed E-state index contributed by atoms with van der Waals surface area (Å²) in [6, 6.07) is 2.52. The third-order valence-corrected chi connectivity index (χ3v) is 2.11. The molecule has 0 saturated carbocycles. The highest BCUT2D eigenvalue weighted by atomic mass is 16.6. The number of hydrogen-bond donors (Lipinski definition) is 0. The fourth-order valence-corrected chi connectivity index (χ4v) is 1.34. The summed E-state index contributed by atoms with van der Waals surface area (Å²) in [6.07, 6.45) is 0.485. The largest absolute Gasteiger partial charge is 0.298 e. The highest BCUT2D eigenvalue weighted by Gasteiger charge is 2.17. The van der Waals surface area contributed by atoms with Gasteiger partial charge in [-0.25, -0.2) is 0 Å². The van der Waals surface area contributed by atoms with E-state index in [1.807, 2.05) is 0 Å². The minimum absolute atomic E-state index is 0.137. The Balaban J connectivity index is 3.53. The van der Waals surface area contributed by atoms with Crippen molar-refractivity contribution < 1.29 is 14.5 Å². The fourth-order valence-electron chi connectivity index (χ4n) is 1.34. The maximum Gasteiger partial charge on any atom is 0.273 e. The van der Waals surface area contributed by atoms with E-state index in [1.54, 1.807) is 0 Å². The highest BCUT2D eigenvalue weighted by molar-refractivity contribution is 5.98. The van der Waals surface area contributed by atoms with Crippen molar-refractivity contribution in [2.45, 2.75) is 13.8 Å². The number of carbonyl (C=O) groups excluding carboxylic acids is 2. The maximum absolute atomic E-state index is 11.2. The van der Waals surface area contributed by atoms with Crippen molar-refractivity contribution in [1.29, 1.82) is 0 Å². The van der Waals surface area contributed by atoms with Crippen molar-refractivity contribution in [2.24, 2.45) is 0 Å². The molecule has 1 aromatic rings. The quantitative estimate of drug-likeness (QED) is 0.328. The second-order valence-electron chi connectivity index (χ2n) is 3.14. The first kappa shape index (κ1) is 11.0. The van der Waals surface area contributed by atoms with E-state index in [2.05, 4.69) is 0 Å². The lowest BCUT2D eigenvalue weighted by molar-refractivity contribution is -0.385. The lowest BCUT2D eigenvalue weighted by atomic mass is 10.0. The van der Waals surface area contributed by atoms with Crippen LogP contribution in [-0.4, -0.2) is 17.0 Å². The first-order valence-corrected chi connectivity index (χ1v) is 4.22. The molecule has 0 aromatic heterocycles. The van der Waals surface area contributed by atoms with Crippen molar-refractivity contribution in [3.8, 4) is 0 Å². The van der Waals surface area contributed by atoms with Crippen LogP contribution in [-0.2, 0) is 0 Å². The molecule has 15 heavy (non-hydrogen) atoms. The first-order chi connectivity index (χ1) is 6.97. The summed E-state index contributed by atoms with van der Waals surface area (Å²) >= 11 is 0. The molecule has 0 N–H and O–H groups in total. The van der Waals surface area contributed by atoms with Gasteiger partial charge in [0.25, 0.3) is 5.69 Å². The Morgan fingerprint density at radius 2 is 2.07 bits per heavy atom. The Kier molecular flexibility index (Phi) is 2.94. The molecule has 0 aliphatic rings. The molecule has 0 amide bonds. The molecule has 0 aliphatic carbocycles. The number of nitro benzene ring substituents is 1. The van der Waals surface area contributed by atoms with Crippen LogP contribution in [0.4, 0.5) is 5.69 Å². The molecule has 78 valence electrons. The van der Waals surface area contributed by atoms with E-state index in [9.17, 15) is 19.7 Å². The summed E-state index contributed by atoms with van der Waals surface area (Å²) < 4.78 is 0. The van der Waals surface area contributed by atoms with Gasteiger partial charge in [-0.1, -0.05) is 0 Å². The third kappa shape index (κ3) is 2.07. The molecule has 0 aliphatic heterocycles.